The normalized spacial score (nSPS) is 37.1. The standard InChI is InChI=1S/C20H32O4/c1-13(2)10-23-17(21)19-6-15-5-16(7-19)9-20(8-15,12-19)18(22)24-11-14(3)4/h13-16H,5-12H2,1-4H3. The summed E-state index contributed by atoms with van der Waals surface area (Å²) in [5, 5.41) is 0. The van der Waals surface area contributed by atoms with Crippen molar-refractivity contribution >= 4 is 11.9 Å². The Balaban J connectivity index is 1.77. The quantitative estimate of drug-likeness (QED) is 0.689. The Morgan fingerprint density at radius 3 is 1.54 bits per heavy atom. The fourth-order valence-corrected chi connectivity index (χ4v) is 5.53. The Morgan fingerprint density at radius 1 is 0.833 bits per heavy atom. The van der Waals surface area contributed by atoms with Crippen molar-refractivity contribution in [3.63, 3.8) is 0 Å². The summed E-state index contributed by atoms with van der Waals surface area (Å²) in [6.07, 6.45) is 5.41. The van der Waals surface area contributed by atoms with Crippen LogP contribution in [0.15, 0.2) is 0 Å². The summed E-state index contributed by atoms with van der Waals surface area (Å²) in [5.41, 5.74) is -0.869. The summed E-state index contributed by atoms with van der Waals surface area (Å²) >= 11 is 0. The van der Waals surface area contributed by atoms with Crippen LogP contribution in [0.1, 0.15) is 66.2 Å². The lowest BCUT2D eigenvalue weighted by molar-refractivity contribution is -0.195. The van der Waals surface area contributed by atoms with Crippen LogP contribution in [0, 0.1) is 34.5 Å². The molecule has 4 nitrogen and oxygen atoms in total. The molecule has 0 aromatic rings. The van der Waals surface area contributed by atoms with E-state index < -0.39 is 10.8 Å². The van der Waals surface area contributed by atoms with E-state index in [0.717, 1.165) is 25.7 Å². The van der Waals surface area contributed by atoms with Gasteiger partial charge >= 0.3 is 11.9 Å². The fraction of sp³-hybridized carbons (Fsp3) is 0.900. The van der Waals surface area contributed by atoms with Crippen molar-refractivity contribution in [2.24, 2.45) is 34.5 Å². The lowest BCUT2D eigenvalue weighted by atomic mass is 9.44. The van der Waals surface area contributed by atoms with Gasteiger partial charge in [0.1, 0.15) is 0 Å². The molecule has 0 amide bonds. The first kappa shape index (κ1) is 17.8. The molecule has 4 aliphatic carbocycles. The molecule has 0 spiro atoms. The average molecular weight is 336 g/mol. The Bertz CT molecular complexity index is 452. The summed E-state index contributed by atoms with van der Waals surface area (Å²) in [4.78, 5) is 25.7. The molecule has 4 heteroatoms. The van der Waals surface area contributed by atoms with E-state index >= 15 is 0 Å². The van der Waals surface area contributed by atoms with Gasteiger partial charge in [0.15, 0.2) is 0 Å². The van der Waals surface area contributed by atoms with E-state index in [2.05, 4.69) is 27.7 Å². The predicted octanol–water partition coefficient (Wildman–Crippen LogP) is 3.97. The maximum absolute atomic E-state index is 12.9. The Kier molecular flexibility index (Phi) is 4.69. The van der Waals surface area contributed by atoms with E-state index in [4.69, 9.17) is 9.47 Å². The van der Waals surface area contributed by atoms with E-state index in [1.807, 2.05) is 0 Å². The molecule has 0 aliphatic heterocycles. The van der Waals surface area contributed by atoms with Gasteiger partial charge in [-0.25, -0.2) is 0 Å². The number of carbonyl (C=O) groups is 2. The van der Waals surface area contributed by atoms with Crippen LogP contribution in [0.25, 0.3) is 0 Å². The van der Waals surface area contributed by atoms with Crippen molar-refractivity contribution in [3.05, 3.63) is 0 Å². The second-order valence-electron chi connectivity index (χ2n) is 9.51. The molecule has 0 saturated heterocycles. The van der Waals surface area contributed by atoms with Gasteiger partial charge in [0.25, 0.3) is 0 Å². The number of carbonyl (C=O) groups excluding carboxylic acids is 2. The van der Waals surface area contributed by atoms with Crippen molar-refractivity contribution in [3.8, 4) is 0 Å². The SMILES string of the molecule is CC(C)COC(=O)C12CC3CC(C1)CC(C(=O)OCC(C)C)(C3)C2. The first-order valence-corrected chi connectivity index (χ1v) is 9.59. The van der Waals surface area contributed by atoms with Gasteiger partial charge in [-0.2, -0.15) is 0 Å². The third-order valence-corrected chi connectivity index (χ3v) is 6.02. The van der Waals surface area contributed by atoms with E-state index in [9.17, 15) is 9.59 Å². The van der Waals surface area contributed by atoms with E-state index in [1.165, 1.54) is 6.42 Å². The number of hydrogen-bond donors (Lipinski definition) is 0. The highest BCUT2D eigenvalue weighted by Gasteiger charge is 2.64. The van der Waals surface area contributed by atoms with Crippen LogP contribution in [0.5, 0.6) is 0 Å². The molecule has 4 aliphatic rings. The van der Waals surface area contributed by atoms with Crippen LogP contribution >= 0.6 is 0 Å². The summed E-state index contributed by atoms with van der Waals surface area (Å²) in [7, 11) is 0. The van der Waals surface area contributed by atoms with E-state index in [1.54, 1.807) is 0 Å². The summed E-state index contributed by atoms with van der Waals surface area (Å²) < 4.78 is 11.2. The molecule has 4 fully saturated rings. The monoisotopic (exact) mass is 336 g/mol. The number of ether oxygens (including phenoxy) is 2. The lowest BCUT2D eigenvalue weighted by Gasteiger charge is -2.59. The second-order valence-corrected chi connectivity index (χ2v) is 9.51. The molecule has 0 radical (unpaired) electrons. The van der Waals surface area contributed by atoms with Gasteiger partial charge < -0.3 is 9.47 Å². The zero-order valence-electron chi connectivity index (χ0n) is 15.6. The smallest absolute Gasteiger partial charge is 0.312 e. The molecule has 0 aromatic heterocycles. The molecule has 0 aromatic carbocycles. The van der Waals surface area contributed by atoms with Crippen LogP contribution in [-0.2, 0) is 19.1 Å². The molecule has 4 bridgehead atoms. The average Bonchev–Trinajstić information content (AvgIpc) is 2.48. The Hall–Kier alpha value is -1.06. The highest BCUT2D eigenvalue weighted by molar-refractivity contribution is 5.83. The highest BCUT2D eigenvalue weighted by Crippen LogP contribution is 2.66. The molecular formula is C20H32O4. The van der Waals surface area contributed by atoms with Crippen LogP contribution in [0.2, 0.25) is 0 Å². The zero-order valence-corrected chi connectivity index (χ0v) is 15.6. The van der Waals surface area contributed by atoms with Crippen molar-refractivity contribution in [2.75, 3.05) is 13.2 Å². The third-order valence-electron chi connectivity index (χ3n) is 6.02. The predicted molar refractivity (Wildman–Crippen MR) is 91.1 cm³/mol. The van der Waals surface area contributed by atoms with E-state index in [0.29, 0.717) is 43.3 Å². The number of hydrogen-bond acceptors (Lipinski definition) is 4. The van der Waals surface area contributed by atoms with Crippen LogP contribution < -0.4 is 0 Å². The molecular weight excluding hydrogens is 304 g/mol. The number of rotatable bonds is 6. The van der Waals surface area contributed by atoms with Gasteiger partial charge in [0.05, 0.1) is 24.0 Å². The van der Waals surface area contributed by atoms with Crippen LogP contribution in [-0.4, -0.2) is 25.2 Å². The molecule has 24 heavy (non-hydrogen) atoms. The topological polar surface area (TPSA) is 52.6 Å². The van der Waals surface area contributed by atoms with Crippen LogP contribution in [0.3, 0.4) is 0 Å². The Morgan fingerprint density at radius 2 is 1.21 bits per heavy atom. The molecule has 4 rings (SSSR count). The minimum atomic E-state index is -0.435. The van der Waals surface area contributed by atoms with Gasteiger partial charge in [0, 0.05) is 0 Å². The molecule has 0 atom stereocenters. The van der Waals surface area contributed by atoms with Crippen molar-refractivity contribution < 1.29 is 19.1 Å². The van der Waals surface area contributed by atoms with E-state index in [-0.39, 0.29) is 11.9 Å². The summed E-state index contributed by atoms with van der Waals surface area (Å²) in [6, 6.07) is 0. The Labute approximate surface area is 145 Å². The minimum Gasteiger partial charge on any atom is -0.465 e. The van der Waals surface area contributed by atoms with Crippen molar-refractivity contribution in [1.29, 1.82) is 0 Å². The molecule has 0 heterocycles. The van der Waals surface area contributed by atoms with Gasteiger partial charge in [-0.1, -0.05) is 27.7 Å². The van der Waals surface area contributed by atoms with Gasteiger partial charge in [-0.15, -0.1) is 0 Å². The maximum atomic E-state index is 12.9. The highest BCUT2D eigenvalue weighted by atomic mass is 16.5. The first-order valence-electron chi connectivity index (χ1n) is 9.59. The zero-order chi connectivity index (χ0) is 17.5. The maximum Gasteiger partial charge on any atom is 0.312 e. The van der Waals surface area contributed by atoms with Gasteiger partial charge in [-0.05, 0) is 62.2 Å². The number of esters is 2. The summed E-state index contributed by atoms with van der Waals surface area (Å²) in [6.45, 7) is 9.16. The fourth-order valence-electron chi connectivity index (χ4n) is 5.53. The van der Waals surface area contributed by atoms with Crippen molar-refractivity contribution in [1.82, 2.24) is 0 Å². The lowest BCUT2D eigenvalue weighted by Crippen LogP contribution is -2.58. The third kappa shape index (κ3) is 3.21. The first-order chi connectivity index (χ1) is 11.2. The van der Waals surface area contributed by atoms with Gasteiger partial charge in [-0.3, -0.25) is 9.59 Å². The van der Waals surface area contributed by atoms with Crippen LogP contribution in [0.4, 0.5) is 0 Å². The summed E-state index contributed by atoms with van der Waals surface area (Å²) in [5.74, 6) is 1.51. The van der Waals surface area contributed by atoms with Gasteiger partial charge in [0.2, 0.25) is 0 Å². The van der Waals surface area contributed by atoms with Crippen molar-refractivity contribution in [2.45, 2.75) is 66.2 Å². The molecule has 0 N–H and O–H groups in total. The molecule has 4 saturated carbocycles. The second kappa shape index (κ2) is 6.34. The molecule has 136 valence electrons. The molecule has 0 unspecified atom stereocenters. The minimum absolute atomic E-state index is 0.0636. The largest absolute Gasteiger partial charge is 0.465 e.